The minimum absolute atomic E-state index is 0.0468. The number of methoxy groups -OCH3 is 1. The van der Waals surface area contributed by atoms with Crippen LogP contribution in [0.15, 0.2) is 78.9 Å². The minimum Gasteiger partial charge on any atom is -0.497 e. The van der Waals surface area contributed by atoms with Crippen molar-refractivity contribution in [1.82, 2.24) is 4.90 Å². The average molecular weight is 431 g/mol. The minimum atomic E-state index is 0.0468. The van der Waals surface area contributed by atoms with Gasteiger partial charge in [0.25, 0.3) is 0 Å². The second-order valence-electron chi connectivity index (χ2n) is 8.19. The standard InChI is InChI=1S/C27H30N2O3/c1-31-26-9-5-8-22(18-26)19-29-16-14-23(15-17-29)27(30)28-24-10-12-25(13-11-24)32-20-21-6-3-2-4-7-21/h2-13,18,23H,14-17,19-20H2,1H3,(H,28,30). The summed E-state index contributed by atoms with van der Waals surface area (Å²) < 4.78 is 11.1. The maximum atomic E-state index is 12.7. The zero-order valence-corrected chi connectivity index (χ0v) is 18.5. The van der Waals surface area contributed by atoms with Crippen LogP contribution in [0, 0.1) is 5.92 Å². The summed E-state index contributed by atoms with van der Waals surface area (Å²) in [6, 6.07) is 25.8. The van der Waals surface area contributed by atoms with Gasteiger partial charge in [0, 0.05) is 18.2 Å². The van der Waals surface area contributed by atoms with Crippen LogP contribution in [0.4, 0.5) is 5.69 Å². The molecule has 4 rings (SSSR count). The SMILES string of the molecule is COc1cccc(CN2CCC(C(=O)Nc3ccc(OCc4ccccc4)cc3)CC2)c1. The number of piperidine rings is 1. The summed E-state index contributed by atoms with van der Waals surface area (Å²) >= 11 is 0. The van der Waals surface area contributed by atoms with E-state index in [1.54, 1.807) is 7.11 Å². The van der Waals surface area contributed by atoms with E-state index >= 15 is 0 Å². The molecular weight excluding hydrogens is 400 g/mol. The lowest BCUT2D eigenvalue weighted by molar-refractivity contribution is -0.121. The molecule has 1 amide bonds. The van der Waals surface area contributed by atoms with Gasteiger partial charge in [-0.1, -0.05) is 42.5 Å². The van der Waals surface area contributed by atoms with Crippen LogP contribution in [0.25, 0.3) is 0 Å². The van der Waals surface area contributed by atoms with Gasteiger partial charge in [0.05, 0.1) is 7.11 Å². The van der Waals surface area contributed by atoms with Gasteiger partial charge in [-0.25, -0.2) is 0 Å². The molecule has 1 fully saturated rings. The zero-order chi connectivity index (χ0) is 22.2. The number of nitrogens with one attached hydrogen (secondary N) is 1. The summed E-state index contributed by atoms with van der Waals surface area (Å²) in [7, 11) is 1.69. The first kappa shape index (κ1) is 21.9. The Morgan fingerprint density at radius 3 is 2.34 bits per heavy atom. The number of carbonyl (C=O) groups excluding carboxylic acids is 1. The van der Waals surface area contributed by atoms with Crippen molar-refractivity contribution >= 4 is 11.6 Å². The topological polar surface area (TPSA) is 50.8 Å². The molecule has 5 nitrogen and oxygen atoms in total. The summed E-state index contributed by atoms with van der Waals surface area (Å²) in [5.74, 6) is 1.82. The van der Waals surface area contributed by atoms with Gasteiger partial charge in [0.1, 0.15) is 18.1 Å². The number of hydrogen-bond acceptors (Lipinski definition) is 4. The van der Waals surface area contributed by atoms with Crippen molar-refractivity contribution in [2.45, 2.75) is 26.0 Å². The summed E-state index contributed by atoms with van der Waals surface area (Å²) in [5, 5.41) is 3.06. The van der Waals surface area contributed by atoms with E-state index in [0.717, 1.165) is 55.2 Å². The van der Waals surface area contributed by atoms with Crippen LogP contribution in [0.3, 0.4) is 0 Å². The highest BCUT2D eigenvalue weighted by atomic mass is 16.5. The van der Waals surface area contributed by atoms with Crippen molar-refractivity contribution in [2.24, 2.45) is 5.92 Å². The highest BCUT2D eigenvalue weighted by Crippen LogP contribution is 2.23. The smallest absolute Gasteiger partial charge is 0.227 e. The van der Waals surface area contributed by atoms with Crippen molar-refractivity contribution in [2.75, 3.05) is 25.5 Å². The van der Waals surface area contributed by atoms with Gasteiger partial charge < -0.3 is 14.8 Å². The van der Waals surface area contributed by atoms with Gasteiger partial charge in [-0.05, 0) is 73.5 Å². The lowest BCUT2D eigenvalue weighted by Crippen LogP contribution is -2.37. The van der Waals surface area contributed by atoms with Gasteiger partial charge >= 0.3 is 0 Å². The van der Waals surface area contributed by atoms with E-state index in [9.17, 15) is 4.79 Å². The second-order valence-corrected chi connectivity index (χ2v) is 8.19. The predicted molar refractivity (Wildman–Crippen MR) is 127 cm³/mol. The number of carbonyl (C=O) groups is 1. The van der Waals surface area contributed by atoms with Crippen molar-refractivity contribution < 1.29 is 14.3 Å². The second kappa shape index (κ2) is 10.8. The van der Waals surface area contributed by atoms with E-state index in [-0.39, 0.29) is 11.8 Å². The molecule has 0 radical (unpaired) electrons. The van der Waals surface area contributed by atoms with E-state index in [2.05, 4.69) is 22.3 Å². The maximum absolute atomic E-state index is 12.7. The molecule has 5 heteroatoms. The fourth-order valence-corrected chi connectivity index (χ4v) is 4.00. The molecule has 1 saturated heterocycles. The molecule has 32 heavy (non-hydrogen) atoms. The molecule has 0 spiro atoms. The third kappa shape index (κ3) is 6.11. The zero-order valence-electron chi connectivity index (χ0n) is 18.5. The number of benzene rings is 3. The van der Waals surface area contributed by atoms with E-state index in [1.807, 2.05) is 66.7 Å². The molecule has 0 aromatic heterocycles. The largest absolute Gasteiger partial charge is 0.497 e. The van der Waals surface area contributed by atoms with Crippen molar-refractivity contribution in [3.05, 3.63) is 90.0 Å². The van der Waals surface area contributed by atoms with Crippen LogP contribution < -0.4 is 14.8 Å². The lowest BCUT2D eigenvalue weighted by atomic mass is 9.95. The molecule has 0 bridgehead atoms. The number of likely N-dealkylation sites (tertiary alicyclic amines) is 1. The Balaban J connectivity index is 1.22. The third-order valence-corrected chi connectivity index (χ3v) is 5.87. The number of anilines is 1. The first-order valence-corrected chi connectivity index (χ1v) is 11.1. The highest BCUT2D eigenvalue weighted by Gasteiger charge is 2.25. The van der Waals surface area contributed by atoms with E-state index in [1.165, 1.54) is 5.56 Å². The molecule has 3 aromatic rings. The van der Waals surface area contributed by atoms with Crippen molar-refractivity contribution in [1.29, 1.82) is 0 Å². The van der Waals surface area contributed by atoms with Gasteiger partial charge in [0.15, 0.2) is 0 Å². The summed E-state index contributed by atoms with van der Waals surface area (Å²) in [5.41, 5.74) is 3.17. The Labute approximate surface area is 190 Å². The molecule has 0 aliphatic carbocycles. The molecule has 3 aromatic carbocycles. The monoisotopic (exact) mass is 430 g/mol. The Morgan fingerprint density at radius 1 is 0.906 bits per heavy atom. The quantitative estimate of drug-likeness (QED) is 0.539. The first-order valence-electron chi connectivity index (χ1n) is 11.1. The van der Waals surface area contributed by atoms with E-state index < -0.39 is 0 Å². The first-order chi connectivity index (χ1) is 15.7. The summed E-state index contributed by atoms with van der Waals surface area (Å²) in [6.07, 6.45) is 1.74. The van der Waals surface area contributed by atoms with E-state index in [4.69, 9.17) is 9.47 Å². The Kier molecular flexibility index (Phi) is 7.41. The number of nitrogens with zero attached hydrogens (tertiary/aromatic N) is 1. The molecule has 1 heterocycles. The number of hydrogen-bond donors (Lipinski definition) is 1. The molecule has 1 aliphatic heterocycles. The van der Waals surface area contributed by atoms with Crippen LogP contribution in [0.5, 0.6) is 11.5 Å². The fourth-order valence-electron chi connectivity index (χ4n) is 4.00. The number of amides is 1. The summed E-state index contributed by atoms with van der Waals surface area (Å²) in [4.78, 5) is 15.1. The van der Waals surface area contributed by atoms with Crippen LogP contribution in [0.2, 0.25) is 0 Å². The summed E-state index contributed by atoms with van der Waals surface area (Å²) in [6.45, 7) is 3.25. The van der Waals surface area contributed by atoms with Crippen molar-refractivity contribution in [3.63, 3.8) is 0 Å². The molecule has 1 aliphatic rings. The fraction of sp³-hybridized carbons (Fsp3) is 0.296. The Bertz CT molecular complexity index is 997. The molecule has 0 atom stereocenters. The van der Waals surface area contributed by atoms with Gasteiger partial charge in [0.2, 0.25) is 5.91 Å². The Hall–Kier alpha value is -3.31. The maximum Gasteiger partial charge on any atom is 0.227 e. The number of rotatable bonds is 8. The number of ether oxygens (including phenoxy) is 2. The van der Waals surface area contributed by atoms with Gasteiger partial charge in [-0.2, -0.15) is 0 Å². The third-order valence-electron chi connectivity index (χ3n) is 5.87. The van der Waals surface area contributed by atoms with Crippen LogP contribution in [0.1, 0.15) is 24.0 Å². The van der Waals surface area contributed by atoms with Crippen LogP contribution in [-0.4, -0.2) is 31.0 Å². The highest BCUT2D eigenvalue weighted by molar-refractivity contribution is 5.92. The van der Waals surface area contributed by atoms with Gasteiger partial charge in [-0.15, -0.1) is 0 Å². The molecular formula is C27H30N2O3. The van der Waals surface area contributed by atoms with Crippen molar-refractivity contribution in [3.8, 4) is 11.5 Å². The lowest BCUT2D eigenvalue weighted by Gasteiger charge is -2.31. The molecule has 166 valence electrons. The van der Waals surface area contributed by atoms with Crippen LogP contribution >= 0.6 is 0 Å². The average Bonchev–Trinajstić information content (AvgIpc) is 2.85. The normalized spacial score (nSPS) is 14.7. The predicted octanol–water partition coefficient (Wildman–Crippen LogP) is 5.12. The Morgan fingerprint density at radius 2 is 1.62 bits per heavy atom. The van der Waals surface area contributed by atoms with Crippen LogP contribution in [-0.2, 0) is 17.9 Å². The van der Waals surface area contributed by atoms with Gasteiger partial charge in [-0.3, -0.25) is 9.69 Å². The molecule has 1 N–H and O–H groups in total. The molecule has 0 saturated carbocycles. The van der Waals surface area contributed by atoms with E-state index in [0.29, 0.717) is 6.61 Å². The molecule has 0 unspecified atom stereocenters.